The third-order valence-corrected chi connectivity index (χ3v) is 2.35. The second kappa shape index (κ2) is 6.35. The monoisotopic (exact) mass is 230 g/mol. The lowest BCUT2D eigenvalue weighted by Crippen LogP contribution is -2.47. The molecule has 2 N–H and O–H groups in total. The van der Waals surface area contributed by atoms with Crippen LogP contribution in [-0.2, 0) is 9.53 Å². The second-order valence-corrected chi connectivity index (χ2v) is 4.72. The van der Waals surface area contributed by atoms with Crippen molar-refractivity contribution in [3.05, 3.63) is 0 Å². The first kappa shape index (κ1) is 14.7. The minimum absolute atomic E-state index is 0.0126. The first-order valence-electron chi connectivity index (χ1n) is 5.47. The summed E-state index contributed by atoms with van der Waals surface area (Å²) in [5.74, 6) is -0.430. The summed E-state index contributed by atoms with van der Waals surface area (Å²) in [5, 5.41) is 5.21. The number of hydrogen-bond donors (Lipinski definition) is 2. The first-order chi connectivity index (χ1) is 7.27. The fraction of sp³-hybridized carbons (Fsp3) is 0.818. The smallest absolute Gasteiger partial charge is 0.325 e. The molecule has 0 bridgehead atoms. The van der Waals surface area contributed by atoms with E-state index >= 15 is 0 Å². The van der Waals surface area contributed by atoms with Crippen molar-refractivity contribution in [2.45, 2.75) is 40.7 Å². The van der Waals surface area contributed by atoms with E-state index in [-0.39, 0.29) is 24.0 Å². The molecule has 0 aliphatic rings. The van der Waals surface area contributed by atoms with Gasteiger partial charge in [0, 0.05) is 6.04 Å². The van der Waals surface area contributed by atoms with Gasteiger partial charge < -0.3 is 15.4 Å². The average molecular weight is 230 g/mol. The van der Waals surface area contributed by atoms with E-state index in [0.717, 1.165) is 0 Å². The molecule has 0 saturated carbocycles. The van der Waals surface area contributed by atoms with Crippen LogP contribution in [0.15, 0.2) is 0 Å². The molecule has 5 nitrogen and oxygen atoms in total. The van der Waals surface area contributed by atoms with Crippen molar-refractivity contribution in [3.8, 4) is 0 Å². The van der Waals surface area contributed by atoms with E-state index in [1.807, 2.05) is 27.7 Å². The molecular formula is C11H22N2O3. The fourth-order valence-corrected chi connectivity index (χ4v) is 0.829. The van der Waals surface area contributed by atoms with Crippen LogP contribution >= 0.6 is 0 Å². The van der Waals surface area contributed by atoms with Gasteiger partial charge in [0.2, 0.25) is 0 Å². The molecular weight excluding hydrogens is 208 g/mol. The van der Waals surface area contributed by atoms with Crippen LogP contribution in [0.1, 0.15) is 34.6 Å². The molecule has 0 aromatic carbocycles. The number of carbonyl (C=O) groups is 2. The molecule has 5 heteroatoms. The van der Waals surface area contributed by atoms with Gasteiger partial charge >= 0.3 is 12.0 Å². The number of urea groups is 1. The van der Waals surface area contributed by atoms with Gasteiger partial charge in [-0.1, -0.05) is 20.8 Å². The summed E-state index contributed by atoms with van der Waals surface area (Å²) < 4.78 is 4.68. The number of rotatable bonds is 4. The van der Waals surface area contributed by atoms with Gasteiger partial charge in [-0.25, -0.2) is 4.79 Å². The van der Waals surface area contributed by atoms with Crippen LogP contribution in [0, 0.1) is 5.41 Å². The molecule has 0 aromatic rings. The van der Waals surface area contributed by atoms with Gasteiger partial charge in [-0.3, -0.25) is 4.79 Å². The molecule has 0 heterocycles. The van der Waals surface area contributed by atoms with Crippen molar-refractivity contribution in [3.63, 3.8) is 0 Å². The van der Waals surface area contributed by atoms with Gasteiger partial charge in [-0.15, -0.1) is 0 Å². The van der Waals surface area contributed by atoms with E-state index in [1.165, 1.54) is 0 Å². The molecule has 0 saturated heterocycles. The number of hydrogen-bond acceptors (Lipinski definition) is 3. The van der Waals surface area contributed by atoms with Gasteiger partial charge in [0.25, 0.3) is 0 Å². The van der Waals surface area contributed by atoms with E-state index in [0.29, 0.717) is 6.61 Å². The predicted molar refractivity (Wildman–Crippen MR) is 62.1 cm³/mol. The highest BCUT2D eigenvalue weighted by Crippen LogP contribution is 2.18. The Morgan fingerprint density at radius 1 is 1.31 bits per heavy atom. The minimum Gasteiger partial charge on any atom is -0.465 e. The number of carbonyl (C=O) groups excluding carboxylic acids is 2. The maximum atomic E-state index is 11.4. The number of amides is 2. The normalized spacial score (nSPS) is 12.8. The Kier molecular flexibility index (Phi) is 5.85. The van der Waals surface area contributed by atoms with E-state index in [4.69, 9.17) is 0 Å². The van der Waals surface area contributed by atoms with Crippen molar-refractivity contribution in [1.29, 1.82) is 0 Å². The molecule has 94 valence electrons. The van der Waals surface area contributed by atoms with Gasteiger partial charge in [-0.05, 0) is 19.3 Å². The zero-order valence-electron chi connectivity index (χ0n) is 10.7. The Hall–Kier alpha value is -1.26. The Morgan fingerprint density at radius 3 is 2.31 bits per heavy atom. The molecule has 1 atom stereocenters. The lowest BCUT2D eigenvalue weighted by atomic mass is 9.88. The number of nitrogens with one attached hydrogen (secondary N) is 2. The molecule has 0 rings (SSSR count). The Labute approximate surface area is 96.9 Å². The number of esters is 1. The Balaban J connectivity index is 3.88. The van der Waals surface area contributed by atoms with Crippen molar-refractivity contribution in [1.82, 2.24) is 10.6 Å². The van der Waals surface area contributed by atoms with Gasteiger partial charge in [0.15, 0.2) is 0 Å². The molecule has 16 heavy (non-hydrogen) atoms. The first-order valence-corrected chi connectivity index (χ1v) is 5.47. The fourth-order valence-electron chi connectivity index (χ4n) is 0.829. The average Bonchev–Trinajstić information content (AvgIpc) is 2.13. The van der Waals surface area contributed by atoms with E-state index < -0.39 is 5.97 Å². The third-order valence-electron chi connectivity index (χ3n) is 2.35. The van der Waals surface area contributed by atoms with Gasteiger partial charge in [0.05, 0.1) is 6.61 Å². The quantitative estimate of drug-likeness (QED) is 0.715. The van der Waals surface area contributed by atoms with E-state index in [2.05, 4.69) is 15.4 Å². The Bertz CT molecular complexity index is 246. The summed E-state index contributed by atoms with van der Waals surface area (Å²) >= 11 is 0. The highest BCUT2D eigenvalue weighted by Gasteiger charge is 2.21. The largest absolute Gasteiger partial charge is 0.465 e. The molecule has 0 fully saturated rings. The molecule has 2 amide bonds. The van der Waals surface area contributed by atoms with Crippen molar-refractivity contribution in [2.75, 3.05) is 13.2 Å². The number of ether oxygens (including phenoxy) is 1. The van der Waals surface area contributed by atoms with Gasteiger partial charge in [-0.2, -0.15) is 0 Å². The van der Waals surface area contributed by atoms with E-state index in [9.17, 15) is 9.59 Å². The SMILES string of the molecule is CCOC(=O)CNC(=O)NC(C)C(C)(C)C. The summed E-state index contributed by atoms with van der Waals surface area (Å²) in [6.07, 6.45) is 0. The summed E-state index contributed by atoms with van der Waals surface area (Å²) in [6, 6.07) is -0.329. The highest BCUT2D eigenvalue weighted by molar-refractivity contribution is 5.80. The lowest BCUT2D eigenvalue weighted by Gasteiger charge is -2.27. The summed E-state index contributed by atoms with van der Waals surface area (Å²) in [5.41, 5.74) is -0.0126. The maximum absolute atomic E-state index is 11.4. The topological polar surface area (TPSA) is 67.4 Å². The van der Waals surface area contributed by atoms with Crippen LogP contribution in [-0.4, -0.2) is 31.2 Å². The highest BCUT2D eigenvalue weighted by atomic mass is 16.5. The van der Waals surface area contributed by atoms with Crippen LogP contribution in [0.3, 0.4) is 0 Å². The van der Waals surface area contributed by atoms with Crippen LogP contribution in [0.4, 0.5) is 4.79 Å². The minimum atomic E-state index is -0.430. The summed E-state index contributed by atoms with van der Waals surface area (Å²) in [6.45, 7) is 9.95. The van der Waals surface area contributed by atoms with Gasteiger partial charge in [0.1, 0.15) is 6.54 Å². The lowest BCUT2D eigenvalue weighted by molar-refractivity contribution is -0.141. The molecule has 0 aromatic heterocycles. The zero-order chi connectivity index (χ0) is 12.8. The standard InChI is InChI=1S/C11H22N2O3/c1-6-16-9(14)7-12-10(15)13-8(2)11(3,4)5/h8H,6-7H2,1-5H3,(H2,12,13,15). The van der Waals surface area contributed by atoms with Crippen molar-refractivity contribution < 1.29 is 14.3 Å². The molecule has 0 radical (unpaired) electrons. The predicted octanol–water partition coefficient (Wildman–Crippen LogP) is 1.28. The third kappa shape index (κ3) is 6.27. The summed E-state index contributed by atoms with van der Waals surface area (Å²) in [4.78, 5) is 22.3. The Morgan fingerprint density at radius 2 is 1.88 bits per heavy atom. The van der Waals surface area contributed by atoms with Crippen LogP contribution in [0.5, 0.6) is 0 Å². The van der Waals surface area contributed by atoms with Crippen molar-refractivity contribution in [2.24, 2.45) is 5.41 Å². The van der Waals surface area contributed by atoms with Crippen LogP contribution < -0.4 is 10.6 Å². The van der Waals surface area contributed by atoms with Crippen molar-refractivity contribution >= 4 is 12.0 Å². The van der Waals surface area contributed by atoms with Crippen LogP contribution in [0.2, 0.25) is 0 Å². The van der Waals surface area contributed by atoms with E-state index in [1.54, 1.807) is 6.92 Å². The molecule has 1 unspecified atom stereocenters. The zero-order valence-corrected chi connectivity index (χ0v) is 10.7. The molecule has 0 spiro atoms. The summed E-state index contributed by atoms with van der Waals surface area (Å²) in [7, 11) is 0. The maximum Gasteiger partial charge on any atom is 0.325 e. The molecule has 0 aliphatic heterocycles. The molecule has 0 aliphatic carbocycles. The second-order valence-electron chi connectivity index (χ2n) is 4.72. The van der Waals surface area contributed by atoms with Crippen LogP contribution in [0.25, 0.3) is 0 Å².